The van der Waals surface area contributed by atoms with Gasteiger partial charge in [0.15, 0.2) is 0 Å². The van der Waals surface area contributed by atoms with Crippen LogP contribution in [0.15, 0.2) is 77.7 Å². The number of imidazole rings is 1. The number of carbonyl (C=O) groups excluding carboxylic acids is 1. The van der Waals surface area contributed by atoms with E-state index in [-0.39, 0.29) is 23.8 Å². The van der Waals surface area contributed by atoms with E-state index in [9.17, 15) is 13.2 Å². The van der Waals surface area contributed by atoms with Gasteiger partial charge in [-0.25, -0.2) is 18.1 Å². The number of H-pyrrole nitrogens is 1. The summed E-state index contributed by atoms with van der Waals surface area (Å²) in [6.07, 6.45) is -0.00763. The summed E-state index contributed by atoms with van der Waals surface area (Å²) in [6, 6.07) is 20.9. The molecule has 0 spiro atoms. The van der Waals surface area contributed by atoms with Crippen LogP contribution in [0.2, 0.25) is 5.02 Å². The Morgan fingerprint density at radius 3 is 2.48 bits per heavy atom. The molecule has 1 heterocycles. The molecule has 0 atom stereocenters. The molecular weight excluding hydrogens is 436 g/mol. The Balaban J connectivity index is 1.40. The molecule has 158 valence electrons. The molecule has 4 aromatic rings. The first kappa shape index (κ1) is 21.0. The largest absolute Gasteiger partial charge is 0.338 e. The molecule has 7 nitrogen and oxygen atoms in total. The van der Waals surface area contributed by atoms with E-state index in [1.54, 1.807) is 30.3 Å². The Labute approximate surface area is 184 Å². The van der Waals surface area contributed by atoms with Gasteiger partial charge in [-0.05, 0) is 42.5 Å². The number of fused-ring (bicyclic) bond motifs is 1. The first-order valence-electron chi connectivity index (χ1n) is 9.51. The van der Waals surface area contributed by atoms with Crippen molar-refractivity contribution in [1.29, 1.82) is 0 Å². The molecule has 0 aliphatic rings. The van der Waals surface area contributed by atoms with E-state index in [1.807, 2.05) is 30.3 Å². The van der Waals surface area contributed by atoms with Gasteiger partial charge in [-0.2, -0.15) is 0 Å². The molecule has 0 saturated heterocycles. The second kappa shape index (κ2) is 8.89. The number of aromatic nitrogens is 2. The Bertz CT molecular complexity index is 1320. The standard InChI is InChI=1S/C22H19ClN4O3S/c23-16-6-8-17(9-7-16)25-21(28)12-13-24-31(29,30)18-10-11-19-20(14-18)27-22(26-19)15-4-2-1-3-5-15/h1-11,14,24H,12-13H2,(H,25,28)(H,26,27). The lowest BCUT2D eigenvalue weighted by Gasteiger charge is -2.08. The Morgan fingerprint density at radius 2 is 1.74 bits per heavy atom. The molecular formula is C22H19ClN4O3S. The van der Waals surface area contributed by atoms with Crippen molar-refractivity contribution < 1.29 is 13.2 Å². The average Bonchev–Trinajstić information content (AvgIpc) is 3.19. The molecule has 0 saturated carbocycles. The van der Waals surface area contributed by atoms with Crippen LogP contribution in [-0.2, 0) is 14.8 Å². The zero-order valence-corrected chi connectivity index (χ0v) is 17.9. The molecule has 0 bridgehead atoms. The number of anilines is 1. The summed E-state index contributed by atoms with van der Waals surface area (Å²) in [5.74, 6) is 0.360. The molecule has 3 aromatic carbocycles. The molecule has 0 unspecified atom stereocenters. The smallest absolute Gasteiger partial charge is 0.240 e. The van der Waals surface area contributed by atoms with E-state index >= 15 is 0 Å². The van der Waals surface area contributed by atoms with Crippen LogP contribution in [-0.4, -0.2) is 30.8 Å². The highest BCUT2D eigenvalue weighted by Gasteiger charge is 2.16. The fourth-order valence-electron chi connectivity index (χ4n) is 3.03. The predicted octanol–water partition coefficient (Wildman–Crippen LogP) is 4.19. The number of carbonyl (C=O) groups is 1. The molecule has 9 heteroatoms. The average molecular weight is 455 g/mol. The van der Waals surface area contributed by atoms with Gasteiger partial charge >= 0.3 is 0 Å². The Morgan fingerprint density at radius 1 is 1.00 bits per heavy atom. The number of hydrogen-bond donors (Lipinski definition) is 3. The number of halogens is 1. The number of amides is 1. The van der Waals surface area contributed by atoms with Gasteiger partial charge in [0.1, 0.15) is 5.82 Å². The van der Waals surface area contributed by atoms with Gasteiger partial charge in [0, 0.05) is 29.2 Å². The van der Waals surface area contributed by atoms with Crippen LogP contribution in [0.3, 0.4) is 0 Å². The third-order valence-electron chi connectivity index (χ3n) is 4.58. The highest BCUT2D eigenvalue weighted by molar-refractivity contribution is 7.89. The molecule has 4 rings (SSSR count). The lowest BCUT2D eigenvalue weighted by atomic mass is 10.2. The molecule has 1 aromatic heterocycles. The predicted molar refractivity (Wildman–Crippen MR) is 121 cm³/mol. The molecule has 0 aliphatic heterocycles. The van der Waals surface area contributed by atoms with Crippen LogP contribution in [0, 0.1) is 0 Å². The van der Waals surface area contributed by atoms with Crippen LogP contribution in [0.4, 0.5) is 5.69 Å². The highest BCUT2D eigenvalue weighted by atomic mass is 35.5. The minimum atomic E-state index is -3.78. The molecule has 3 N–H and O–H groups in total. The summed E-state index contributed by atoms with van der Waals surface area (Å²) >= 11 is 5.81. The maximum Gasteiger partial charge on any atom is 0.240 e. The maximum absolute atomic E-state index is 12.6. The van der Waals surface area contributed by atoms with Crippen LogP contribution in [0.5, 0.6) is 0 Å². The molecule has 1 amide bonds. The zero-order valence-electron chi connectivity index (χ0n) is 16.3. The first-order chi connectivity index (χ1) is 14.9. The highest BCUT2D eigenvalue weighted by Crippen LogP contribution is 2.22. The number of aromatic amines is 1. The third-order valence-corrected chi connectivity index (χ3v) is 6.29. The number of rotatable bonds is 7. The Kier molecular flexibility index (Phi) is 6.03. The summed E-state index contributed by atoms with van der Waals surface area (Å²) < 4.78 is 27.7. The summed E-state index contributed by atoms with van der Waals surface area (Å²) in [5, 5.41) is 3.26. The summed E-state index contributed by atoms with van der Waals surface area (Å²) in [5.41, 5.74) is 2.78. The van der Waals surface area contributed by atoms with Crippen molar-refractivity contribution in [2.75, 3.05) is 11.9 Å². The van der Waals surface area contributed by atoms with Gasteiger partial charge in [0.2, 0.25) is 15.9 Å². The number of nitrogens with one attached hydrogen (secondary N) is 3. The van der Waals surface area contributed by atoms with Crippen molar-refractivity contribution in [3.05, 3.63) is 77.8 Å². The molecule has 0 fully saturated rings. The van der Waals surface area contributed by atoms with Gasteiger partial charge < -0.3 is 10.3 Å². The summed E-state index contributed by atoms with van der Waals surface area (Å²) in [6.45, 7) is -0.0297. The van der Waals surface area contributed by atoms with Crippen molar-refractivity contribution in [3.63, 3.8) is 0 Å². The SMILES string of the molecule is O=C(CCNS(=O)(=O)c1ccc2nc(-c3ccccc3)[nH]c2c1)Nc1ccc(Cl)cc1. The minimum Gasteiger partial charge on any atom is -0.338 e. The lowest BCUT2D eigenvalue weighted by molar-refractivity contribution is -0.116. The van der Waals surface area contributed by atoms with Gasteiger partial charge in [-0.15, -0.1) is 0 Å². The number of hydrogen-bond acceptors (Lipinski definition) is 4. The van der Waals surface area contributed by atoms with Gasteiger partial charge in [0.25, 0.3) is 0 Å². The summed E-state index contributed by atoms with van der Waals surface area (Å²) in [4.78, 5) is 19.8. The fraction of sp³-hybridized carbons (Fsp3) is 0.0909. The fourth-order valence-corrected chi connectivity index (χ4v) is 4.21. The van der Waals surface area contributed by atoms with E-state index < -0.39 is 10.0 Å². The normalized spacial score (nSPS) is 11.5. The lowest BCUT2D eigenvalue weighted by Crippen LogP contribution is -2.27. The third kappa shape index (κ3) is 5.11. The van der Waals surface area contributed by atoms with E-state index in [1.165, 1.54) is 12.1 Å². The Hall–Kier alpha value is -3.20. The van der Waals surface area contributed by atoms with Gasteiger partial charge in [0.05, 0.1) is 15.9 Å². The number of sulfonamides is 1. The van der Waals surface area contributed by atoms with E-state index in [4.69, 9.17) is 11.6 Å². The second-order valence-corrected chi connectivity index (χ2v) is 9.04. The van der Waals surface area contributed by atoms with Crippen molar-refractivity contribution in [2.45, 2.75) is 11.3 Å². The van der Waals surface area contributed by atoms with Gasteiger partial charge in [-0.1, -0.05) is 41.9 Å². The van der Waals surface area contributed by atoms with Crippen LogP contribution in [0.25, 0.3) is 22.4 Å². The summed E-state index contributed by atoms with van der Waals surface area (Å²) in [7, 11) is -3.78. The van der Waals surface area contributed by atoms with Crippen molar-refractivity contribution in [2.24, 2.45) is 0 Å². The monoisotopic (exact) mass is 454 g/mol. The topological polar surface area (TPSA) is 104 Å². The maximum atomic E-state index is 12.6. The molecule has 0 aliphatic carbocycles. The number of nitrogens with zero attached hydrogens (tertiary/aromatic N) is 1. The van der Waals surface area contributed by atoms with E-state index in [0.717, 1.165) is 5.56 Å². The zero-order chi connectivity index (χ0) is 21.8. The van der Waals surface area contributed by atoms with Crippen molar-refractivity contribution in [3.8, 4) is 11.4 Å². The van der Waals surface area contributed by atoms with E-state index in [2.05, 4.69) is 20.0 Å². The second-order valence-electron chi connectivity index (χ2n) is 6.83. The number of benzene rings is 3. The molecule has 31 heavy (non-hydrogen) atoms. The quantitative estimate of drug-likeness (QED) is 0.389. The minimum absolute atomic E-state index is 0.00763. The van der Waals surface area contributed by atoms with E-state index in [0.29, 0.717) is 27.6 Å². The van der Waals surface area contributed by atoms with Crippen LogP contribution < -0.4 is 10.0 Å². The van der Waals surface area contributed by atoms with Crippen molar-refractivity contribution in [1.82, 2.24) is 14.7 Å². The van der Waals surface area contributed by atoms with Crippen LogP contribution >= 0.6 is 11.6 Å². The first-order valence-corrected chi connectivity index (χ1v) is 11.4. The van der Waals surface area contributed by atoms with Crippen LogP contribution in [0.1, 0.15) is 6.42 Å². The molecule has 0 radical (unpaired) electrons. The van der Waals surface area contributed by atoms with Crippen molar-refractivity contribution >= 4 is 44.3 Å². The van der Waals surface area contributed by atoms with Gasteiger partial charge in [-0.3, -0.25) is 4.79 Å².